The van der Waals surface area contributed by atoms with Crippen molar-refractivity contribution >= 4 is 0 Å². The molecular weight excluding hydrogens is 176 g/mol. The van der Waals surface area contributed by atoms with Gasteiger partial charge in [0.1, 0.15) is 5.60 Å². The van der Waals surface area contributed by atoms with Gasteiger partial charge in [-0.3, -0.25) is 0 Å². The predicted molar refractivity (Wildman–Crippen MR) is 56.8 cm³/mol. The third-order valence-electron chi connectivity index (χ3n) is 2.47. The van der Waals surface area contributed by atoms with Crippen LogP contribution in [0, 0.1) is 0 Å². The number of rotatable bonds is 3. The van der Waals surface area contributed by atoms with Gasteiger partial charge < -0.3 is 10.2 Å². The highest BCUT2D eigenvalue weighted by Crippen LogP contribution is 2.31. The first-order valence-corrected chi connectivity index (χ1v) is 4.61. The lowest BCUT2D eigenvalue weighted by atomic mass is 9.83. The number of aliphatic hydroxyl groups excluding tert-OH is 1. The van der Waals surface area contributed by atoms with E-state index in [1.165, 1.54) is 0 Å². The van der Waals surface area contributed by atoms with Gasteiger partial charge in [0.25, 0.3) is 0 Å². The molecule has 0 spiro atoms. The van der Waals surface area contributed by atoms with Crippen LogP contribution in [0.1, 0.15) is 19.4 Å². The lowest BCUT2D eigenvalue weighted by Crippen LogP contribution is -2.38. The second kappa shape index (κ2) is 3.95. The molecule has 0 aliphatic heterocycles. The van der Waals surface area contributed by atoms with Crippen LogP contribution in [0.15, 0.2) is 42.5 Å². The summed E-state index contributed by atoms with van der Waals surface area (Å²) in [6.07, 6.45) is -0.873. The van der Waals surface area contributed by atoms with Gasteiger partial charge >= 0.3 is 0 Å². The van der Waals surface area contributed by atoms with E-state index in [4.69, 9.17) is 0 Å². The maximum absolute atomic E-state index is 10.3. The summed E-state index contributed by atoms with van der Waals surface area (Å²) in [5, 5.41) is 19.9. The Morgan fingerprint density at radius 2 is 1.86 bits per heavy atom. The van der Waals surface area contributed by atoms with Crippen LogP contribution in [0.2, 0.25) is 0 Å². The molecule has 0 aromatic heterocycles. The SMILES string of the molecule is C=C(C)[C@](O)(c1ccccc1)[C@H](C)O. The van der Waals surface area contributed by atoms with Gasteiger partial charge in [0.2, 0.25) is 0 Å². The molecule has 0 unspecified atom stereocenters. The molecule has 0 radical (unpaired) electrons. The van der Waals surface area contributed by atoms with Gasteiger partial charge in [0, 0.05) is 0 Å². The van der Waals surface area contributed by atoms with E-state index < -0.39 is 11.7 Å². The summed E-state index contributed by atoms with van der Waals surface area (Å²) in [6, 6.07) is 9.07. The highest BCUT2D eigenvalue weighted by Gasteiger charge is 2.35. The number of hydrogen-bond donors (Lipinski definition) is 2. The molecule has 1 rings (SSSR count). The van der Waals surface area contributed by atoms with Crippen LogP contribution in [-0.4, -0.2) is 16.3 Å². The molecule has 14 heavy (non-hydrogen) atoms. The molecule has 2 heteroatoms. The summed E-state index contributed by atoms with van der Waals surface area (Å²) >= 11 is 0. The van der Waals surface area contributed by atoms with Gasteiger partial charge in [-0.15, -0.1) is 0 Å². The molecule has 0 saturated carbocycles. The maximum Gasteiger partial charge on any atom is 0.136 e. The Morgan fingerprint density at radius 1 is 1.36 bits per heavy atom. The summed E-state index contributed by atoms with van der Waals surface area (Å²) in [5.41, 5.74) is -0.137. The third-order valence-corrected chi connectivity index (χ3v) is 2.47. The highest BCUT2D eigenvalue weighted by molar-refractivity contribution is 5.32. The van der Waals surface area contributed by atoms with E-state index in [-0.39, 0.29) is 0 Å². The van der Waals surface area contributed by atoms with Crippen molar-refractivity contribution in [2.45, 2.75) is 25.6 Å². The lowest BCUT2D eigenvalue weighted by Gasteiger charge is -2.32. The smallest absolute Gasteiger partial charge is 0.136 e. The zero-order valence-electron chi connectivity index (χ0n) is 8.57. The standard InChI is InChI=1S/C12H16O2/c1-9(2)12(14,10(3)13)11-7-5-4-6-8-11/h4-8,10,13-14H,1H2,2-3H3/t10-,12+/m0/s1. The first-order valence-electron chi connectivity index (χ1n) is 4.61. The van der Waals surface area contributed by atoms with Gasteiger partial charge in [-0.2, -0.15) is 0 Å². The van der Waals surface area contributed by atoms with Crippen molar-refractivity contribution < 1.29 is 10.2 Å². The number of hydrogen-bond acceptors (Lipinski definition) is 2. The van der Waals surface area contributed by atoms with Crippen LogP contribution < -0.4 is 0 Å². The van der Waals surface area contributed by atoms with E-state index in [9.17, 15) is 10.2 Å². The molecular formula is C12H16O2. The molecule has 0 saturated heterocycles. The Balaban J connectivity index is 3.20. The lowest BCUT2D eigenvalue weighted by molar-refractivity contribution is -0.0421. The van der Waals surface area contributed by atoms with Gasteiger partial charge in [-0.25, -0.2) is 0 Å². The summed E-state index contributed by atoms with van der Waals surface area (Å²) in [5.74, 6) is 0. The fourth-order valence-corrected chi connectivity index (χ4v) is 1.54. The number of aliphatic hydroxyl groups is 2. The fourth-order valence-electron chi connectivity index (χ4n) is 1.54. The molecule has 76 valence electrons. The topological polar surface area (TPSA) is 40.5 Å². The van der Waals surface area contributed by atoms with Gasteiger partial charge in [-0.1, -0.05) is 36.9 Å². The molecule has 2 atom stereocenters. The Hall–Kier alpha value is -1.12. The summed E-state index contributed by atoms with van der Waals surface area (Å²) < 4.78 is 0. The molecule has 0 fully saturated rings. The Kier molecular flexibility index (Phi) is 3.09. The van der Waals surface area contributed by atoms with Crippen molar-refractivity contribution in [3.63, 3.8) is 0 Å². The maximum atomic E-state index is 10.3. The first-order chi connectivity index (χ1) is 6.49. The molecule has 2 nitrogen and oxygen atoms in total. The molecule has 0 heterocycles. The zero-order chi connectivity index (χ0) is 10.8. The van der Waals surface area contributed by atoms with Crippen LogP contribution in [-0.2, 0) is 5.60 Å². The van der Waals surface area contributed by atoms with Crippen molar-refractivity contribution in [3.05, 3.63) is 48.0 Å². The minimum absolute atomic E-state index is 0.540. The van der Waals surface area contributed by atoms with E-state index in [1.807, 2.05) is 18.2 Å². The molecule has 2 N–H and O–H groups in total. The number of benzene rings is 1. The monoisotopic (exact) mass is 192 g/mol. The summed E-state index contributed by atoms with van der Waals surface area (Å²) in [6.45, 7) is 6.98. The van der Waals surface area contributed by atoms with Crippen molar-refractivity contribution in [2.24, 2.45) is 0 Å². The Bertz CT molecular complexity index is 316. The van der Waals surface area contributed by atoms with E-state index in [1.54, 1.807) is 26.0 Å². The normalized spacial score (nSPS) is 17.1. The van der Waals surface area contributed by atoms with Gasteiger partial charge in [0.05, 0.1) is 6.10 Å². The summed E-state index contributed by atoms with van der Waals surface area (Å²) in [7, 11) is 0. The highest BCUT2D eigenvalue weighted by atomic mass is 16.3. The van der Waals surface area contributed by atoms with Crippen LogP contribution in [0.3, 0.4) is 0 Å². The van der Waals surface area contributed by atoms with Crippen molar-refractivity contribution in [3.8, 4) is 0 Å². The molecule has 1 aromatic carbocycles. The largest absolute Gasteiger partial charge is 0.390 e. The van der Waals surface area contributed by atoms with E-state index in [0.29, 0.717) is 11.1 Å². The minimum Gasteiger partial charge on any atom is -0.390 e. The molecule has 0 aliphatic rings. The minimum atomic E-state index is -1.35. The van der Waals surface area contributed by atoms with E-state index in [2.05, 4.69) is 6.58 Å². The second-order valence-corrected chi connectivity index (χ2v) is 3.59. The van der Waals surface area contributed by atoms with Gasteiger partial charge in [0.15, 0.2) is 0 Å². The quantitative estimate of drug-likeness (QED) is 0.717. The van der Waals surface area contributed by atoms with E-state index in [0.717, 1.165) is 0 Å². The zero-order valence-corrected chi connectivity index (χ0v) is 8.57. The Morgan fingerprint density at radius 3 is 2.21 bits per heavy atom. The van der Waals surface area contributed by atoms with Crippen LogP contribution in [0.5, 0.6) is 0 Å². The predicted octanol–water partition coefficient (Wildman–Crippen LogP) is 1.83. The molecule has 0 bridgehead atoms. The van der Waals surface area contributed by atoms with Crippen molar-refractivity contribution in [1.82, 2.24) is 0 Å². The summed E-state index contributed by atoms with van der Waals surface area (Å²) in [4.78, 5) is 0. The van der Waals surface area contributed by atoms with Crippen molar-refractivity contribution in [2.75, 3.05) is 0 Å². The first kappa shape index (κ1) is 11.0. The average molecular weight is 192 g/mol. The third kappa shape index (κ3) is 1.72. The molecule has 0 aliphatic carbocycles. The van der Waals surface area contributed by atoms with Crippen LogP contribution in [0.4, 0.5) is 0 Å². The molecule has 1 aromatic rings. The van der Waals surface area contributed by atoms with E-state index >= 15 is 0 Å². The Labute approximate surface area is 84.5 Å². The fraction of sp³-hybridized carbons (Fsp3) is 0.333. The van der Waals surface area contributed by atoms with Gasteiger partial charge in [-0.05, 0) is 25.0 Å². The molecule has 0 amide bonds. The average Bonchev–Trinajstić information content (AvgIpc) is 2.17. The second-order valence-electron chi connectivity index (χ2n) is 3.59. The van der Waals surface area contributed by atoms with Crippen LogP contribution in [0.25, 0.3) is 0 Å². The van der Waals surface area contributed by atoms with Crippen LogP contribution >= 0.6 is 0 Å². The van der Waals surface area contributed by atoms with Crippen molar-refractivity contribution in [1.29, 1.82) is 0 Å².